The average molecular weight is 289 g/mol. The van der Waals surface area contributed by atoms with Gasteiger partial charge in [0.25, 0.3) is 0 Å². The Bertz CT molecular complexity index is 587. The third kappa shape index (κ3) is 3.34. The van der Waals surface area contributed by atoms with Crippen LogP contribution in [0, 0.1) is 5.82 Å². The lowest BCUT2D eigenvalue weighted by molar-refractivity contribution is 0.351. The van der Waals surface area contributed by atoms with Crippen LogP contribution in [0.25, 0.3) is 0 Å². The zero-order valence-electron chi connectivity index (χ0n) is 12.5. The second-order valence-electron chi connectivity index (χ2n) is 4.63. The fourth-order valence-corrected chi connectivity index (χ4v) is 2.35. The maximum absolute atomic E-state index is 14.4. The van der Waals surface area contributed by atoms with Crippen molar-refractivity contribution in [1.29, 1.82) is 0 Å². The summed E-state index contributed by atoms with van der Waals surface area (Å²) in [7, 11) is 3.04. The minimum Gasteiger partial charge on any atom is -0.493 e. The summed E-state index contributed by atoms with van der Waals surface area (Å²) in [6.45, 7) is 2.72. The van der Waals surface area contributed by atoms with Crippen molar-refractivity contribution >= 4 is 0 Å². The third-order valence-corrected chi connectivity index (χ3v) is 3.36. The molecule has 0 amide bonds. The summed E-state index contributed by atoms with van der Waals surface area (Å²) in [6, 6.07) is 12.6. The van der Waals surface area contributed by atoms with Crippen molar-refractivity contribution in [2.75, 3.05) is 20.8 Å². The summed E-state index contributed by atoms with van der Waals surface area (Å²) < 4.78 is 24.8. The highest BCUT2D eigenvalue weighted by molar-refractivity contribution is 5.46. The van der Waals surface area contributed by atoms with Crippen LogP contribution in [0.5, 0.6) is 11.5 Å². The molecule has 0 aliphatic rings. The Morgan fingerprint density at radius 3 is 2.24 bits per heavy atom. The van der Waals surface area contributed by atoms with Gasteiger partial charge in [0, 0.05) is 11.6 Å². The first-order valence-electron chi connectivity index (χ1n) is 6.91. The molecule has 0 saturated carbocycles. The number of ether oxygens (including phenoxy) is 2. The van der Waals surface area contributed by atoms with Crippen molar-refractivity contribution in [3.8, 4) is 11.5 Å². The maximum Gasteiger partial charge on any atom is 0.163 e. The second kappa shape index (κ2) is 7.09. The van der Waals surface area contributed by atoms with Gasteiger partial charge in [0.15, 0.2) is 11.5 Å². The van der Waals surface area contributed by atoms with E-state index in [0.717, 1.165) is 12.1 Å². The predicted molar refractivity (Wildman–Crippen MR) is 81.5 cm³/mol. The largest absolute Gasteiger partial charge is 0.493 e. The first kappa shape index (κ1) is 15.3. The fraction of sp³-hybridized carbons (Fsp3) is 0.294. The molecule has 21 heavy (non-hydrogen) atoms. The van der Waals surface area contributed by atoms with Crippen LogP contribution in [-0.4, -0.2) is 20.8 Å². The molecule has 2 rings (SSSR count). The van der Waals surface area contributed by atoms with Gasteiger partial charge in [-0.3, -0.25) is 0 Å². The van der Waals surface area contributed by atoms with Crippen LogP contribution in [0.1, 0.15) is 24.1 Å². The lowest BCUT2D eigenvalue weighted by atomic mass is 9.97. The Kier molecular flexibility index (Phi) is 5.17. The molecule has 4 heteroatoms. The van der Waals surface area contributed by atoms with E-state index in [1.165, 1.54) is 13.2 Å². The van der Waals surface area contributed by atoms with E-state index in [-0.39, 0.29) is 11.9 Å². The zero-order valence-corrected chi connectivity index (χ0v) is 12.5. The molecular weight excluding hydrogens is 269 g/mol. The summed E-state index contributed by atoms with van der Waals surface area (Å²) in [4.78, 5) is 0. The van der Waals surface area contributed by atoms with Crippen molar-refractivity contribution < 1.29 is 13.9 Å². The second-order valence-corrected chi connectivity index (χ2v) is 4.63. The lowest BCUT2D eigenvalue weighted by Crippen LogP contribution is -2.23. The van der Waals surface area contributed by atoms with Crippen molar-refractivity contribution in [2.24, 2.45) is 0 Å². The van der Waals surface area contributed by atoms with Crippen LogP contribution in [0.3, 0.4) is 0 Å². The molecule has 2 aromatic rings. The number of hydrogen-bond acceptors (Lipinski definition) is 3. The molecule has 1 N–H and O–H groups in total. The van der Waals surface area contributed by atoms with E-state index in [1.807, 2.05) is 37.3 Å². The van der Waals surface area contributed by atoms with Crippen molar-refractivity contribution in [3.63, 3.8) is 0 Å². The van der Waals surface area contributed by atoms with Gasteiger partial charge in [-0.25, -0.2) is 4.39 Å². The van der Waals surface area contributed by atoms with Gasteiger partial charge in [-0.05, 0) is 18.2 Å². The van der Waals surface area contributed by atoms with Crippen LogP contribution >= 0.6 is 0 Å². The summed E-state index contributed by atoms with van der Waals surface area (Å²) >= 11 is 0. The Balaban J connectivity index is 2.50. The molecule has 0 aromatic heterocycles. The van der Waals surface area contributed by atoms with E-state index in [2.05, 4.69) is 5.32 Å². The third-order valence-electron chi connectivity index (χ3n) is 3.36. The molecule has 0 spiro atoms. The van der Waals surface area contributed by atoms with Crippen molar-refractivity contribution in [2.45, 2.75) is 13.0 Å². The monoisotopic (exact) mass is 289 g/mol. The number of rotatable bonds is 6. The van der Waals surface area contributed by atoms with Gasteiger partial charge >= 0.3 is 0 Å². The van der Waals surface area contributed by atoms with E-state index >= 15 is 0 Å². The zero-order chi connectivity index (χ0) is 15.2. The van der Waals surface area contributed by atoms with Crippen molar-refractivity contribution in [3.05, 3.63) is 59.4 Å². The highest BCUT2D eigenvalue weighted by Crippen LogP contribution is 2.34. The molecule has 112 valence electrons. The van der Waals surface area contributed by atoms with E-state index in [4.69, 9.17) is 9.47 Å². The SMILES string of the molecule is CCNC(c1ccccc1)c1cc(OC)c(OC)cc1F. The standard InChI is InChI=1S/C17H20FNO2/c1-4-19-17(12-8-6-5-7-9-12)13-10-15(20-2)16(21-3)11-14(13)18/h5-11,17,19H,4H2,1-3H3. The molecule has 1 atom stereocenters. The molecule has 2 aromatic carbocycles. The Morgan fingerprint density at radius 1 is 1.05 bits per heavy atom. The molecule has 0 heterocycles. The van der Waals surface area contributed by atoms with Crippen LogP contribution in [0.4, 0.5) is 4.39 Å². The van der Waals surface area contributed by atoms with E-state index in [1.54, 1.807) is 13.2 Å². The predicted octanol–water partition coefficient (Wildman–Crippen LogP) is 3.54. The Labute approximate surface area is 124 Å². The van der Waals surface area contributed by atoms with E-state index in [0.29, 0.717) is 17.1 Å². The van der Waals surface area contributed by atoms with Crippen LogP contribution in [0.2, 0.25) is 0 Å². The van der Waals surface area contributed by atoms with Crippen LogP contribution in [-0.2, 0) is 0 Å². The molecule has 0 aliphatic heterocycles. The number of nitrogens with one attached hydrogen (secondary N) is 1. The van der Waals surface area contributed by atoms with E-state index < -0.39 is 0 Å². The normalized spacial score (nSPS) is 12.0. The summed E-state index contributed by atoms with van der Waals surface area (Å²) in [6.07, 6.45) is 0. The molecule has 0 radical (unpaired) electrons. The first-order chi connectivity index (χ1) is 10.2. The summed E-state index contributed by atoms with van der Waals surface area (Å²) in [5, 5.41) is 3.31. The molecular formula is C17H20FNO2. The number of benzene rings is 2. The maximum atomic E-state index is 14.4. The molecule has 0 aliphatic carbocycles. The average Bonchev–Trinajstić information content (AvgIpc) is 2.53. The first-order valence-corrected chi connectivity index (χ1v) is 6.91. The van der Waals surface area contributed by atoms with Gasteiger partial charge in [0.1, 0.15) is 5.82 Å². The van der Waals surface area contributed by atoms with Crippen LogP contribution in [0.15, 0.2) is 42.5 Å². The highest BCUT2D eigenvalue weighted by atomic mass is 19.1. The van der Waals surface area contributed by atoms with Gasteiger partial charge in [-0.15, -0.1) is 0 Å². The fourth-order valence-electron chi connectivity index (χ4n) is 2.35. The quantitative estimate of drug-likeness (QED) is 0.882. The highest BCUT2D eigenvalue weighted by Gasteiger charge is 2.20. The molecule has 3 nitrogen and oxygen atoms in total. The number of hydrogen-bond donors (Lipinski definition) is 1. The summed E-state index contributed by atoms with van der Waals surface area (Å²) in [5.74, 6) is 0.595. The van der Waals surface area contributed by atoms with Crippen LogP contribution < -0.4 is 14.8 Å². The number of halogens is 1. The molecule has 0 bridgehead atoms. The van der Waals surface area contributed by atoms with Gasteiger partial charge in [0.05, 0.1) is 20.3 Å². The summed E-state index contributed by atoms with van der Waals surface area (Å²) in [5.41, 5.74) is 1.55. The molecule has 0 fully saturated rings. The Morgan fingerprint density at radius 2 is 1.67 bits per heavy atom. The minimum absolute atomic E-state index is 0.226. The molecule has 0 saturated heterocycles. The van der Waals surface area contributed by atoms with Gasteiger partial charge in [-0.2, -0.15) is 0 Å². The van der Waals surface area contributed by atoms with Gasteiger partial charge in [-0.1, -0.05) is 37.3 Å². The van der Waals surface area contributed by atoms with Gasteiger partial charge < -0.3 is 14.8 Å². The number of methoxy groups -OCH3 is 2. The molecule has 1 unspecified atom stereocenters. The van der Waals surface area contributed by atoms with E-state index in [9.17, 15) is 4.39 Å². The van der Waals surface area contributed by atoms with Gasteiger partial charge in [0.2, 0.25) is 0 Å². The Hall–Kier alpha value is -2.07. The lowest BCUT2D eigenvalue weighted by Gasteiger charge is -2.21. The smallest absolute Gasteiger partial charge is 0.163 e. The minimum atomic E-state index is -0.317. The van der Waals surface area contributed by atoms with Crippen molar-refractivity contribution in [1.82, 2.24) is 5.32 Å². The topological polar surface area (TPSA) is 30.5 Å².